The minimum absolute atomic E-state index is 0. The van der Waals surface area contributed by atoms with E-state index in [2.05, 4.69) is 0 Å². The maximum absolute atomic E-state index is 11.5. The molecule has 3 N–H and O–H groups in total. The first-order valence-electron chi connectivity index (χ1n) is 11.3. The van der Waals surface area contributed by atoms with Crippen molar-refractivity contribution in [3.05, 3.63) is 29.8 Å². The molecule has 1 aromatic carbocycles. The Hall–Kier alpha value is -0.425. The second kappa shape index (κ2) is 24.1. The molecule has 0 saturated heterocycles. The summed E-state index contributed by atoms with van der Waals surface area (Å²) in [6.45, 7) is -1.38. The minimum atomic E-state index is -1.53. The Morgan fingerprint density at radius 1 is 0.775 bits per heavy atom. The summed E-state index contributed by atoms with van der Waals surface area (Å²) in [5, 5.41) is 50.0. The zero-order chi connectivity index (χ0) is 28.0. The molecule has 1 aromatic rings. The summed E-state index contributed by atoms with van der Waals surface area (Å²) >= 11 is 0. The number of carbonyl (C=O) groups is 5. The van der Waals surface area contributed by atoms with Crippen LogP contribution in [0.1, 0.15) is 12.5 Å². The normalized spacial score (nSPS) is 11.1. The Balaban J connectivity index is -0.00000456. The van der Waals surface area contributed by atoms with Crippen LogP contribution >= 0.6 is 0 Å². The number of hydrogen-bond donors (Lipinski definition) is 3. The van der Waals surface area contributed by atoms with Gasteiger partial charge in [0.05, 0.1) is 38.2 Å². The van der Waals surface area contributed by atoms with Crippen LogP contribution in [0.25, 0.3) is 0 Å². The summed E-state index contributed by atoms with van der Waals surface area (Å²) in [6.07, 6.45) is 0.158. The van der Waals surface area contributed by atoms with Crippen molar-refractivity contribution >= 4 is 29.8 Å². The van der Waals surface area contributed by atoms with Gasteiger partial charge < -0.3 is 39.9 Å². The molecule has 0 saturated carbocycles. The van der Waals surface area contributed by atoms with Gasteiger partial charge in [0.15, 0.2) is 0 Å². The van der Waals surface area contributed by atoms with Crippen LogP contribution in [-0.4, -0.2) is 125 Å². The smallest absolute Gasteiger partial charge is 0.549 e. The van der Waals surface area contributed by atoms with Crippen LogP contribution in [0.15, 0.2) is 24.3 Å². The molecule has 0 heterocycles. The maximum Gasteiger partial charge on any atom is 1.00 e. The molecule has 0 aliphatic carbocycles. The molecule has 0 radical (unpaired) electrons. The molecule has 0 spiro atoms. The molecule has 14 nitrogen and oxygen atoms in total. The standard InChI is InChI=1S/C23H33N3O11.Gd.2Na/c1-2-37-18-5-3-16(4-6-18)9-17(26(14-22(33)34)15-23(35)36)10-24(11-19(27)28)7-8-25(12-20(29)30)13-21(31)32;;;/h3-6,17H,2,7-15H2,1H3,(H,27,28)(H,29,30)(H,31,32)(H,33,34)(H,35,36);;;/q;;2*+1/p-2/t17-;;;/m0.../s1. The van der Waals surface area contributed by atoms with E-state index in [0.29, 0.717) is 17.9 Å². The van der Waals surface area contributed by atoms with Gasteiger partial charge in [0.2, 0.25) is 0 Å². The van der Waals surface area contributed by atoms with E-state index in [1.165, 1.54) is 9.80 Å². The first kappa shape index (κ1) is 44.0. The van der Waals surface area contributed by atoms with Gasteiger partial charge in [-0.05, 0) is 31.0 Å². The van der Waals surface area contributed by atoms with E-state index in [0.717, 1.165) is 4.90 Å². The fourth-order valence-corrected chi connectivity index (χ4v) is 3.72. The third kappa shape index (κ3) is 20.5. The number of benzene rings is 1. The van der Waals surface area contributed by atoms with Gasteiger partial charge in [-0.25, -0.2) is 0 Å². The van der Waals surface area contributed by atoms with E-state index in [1.807, 2.05) is 6.92 Å². The Morgan fingerprint density at radius 2 is 1.23 bits per heavy atom. The minimum Gasteiger partial charge on any atom is -0.549 e. The molecule has 0 aliphatic heterocycles. The fourth-order valence-electron chi connectivity index (χ4n) is 3.72. The summed E-state index contributed by atoms with van der Waals surface area (Å²) < 4.78 is 5.40. The second-order valence-electron chi connectivity index (χ2n) is 8.21. The van der Waals surface area contributed by atoms with E-state index in [1.54, 1.807) is 24.3 Å². The number of carbonyl (C=O) groups excluding carboxylic acids is 2. The van der Waals surface area contributed by atoms with E-state index < -0.39 is 68.6 Å². The first-order valence-corrected chi connectivity index (χ1v) is 11.3. The van der Waals surface area contributed by atoms with E-state index >= 15 is 0 Å². The number of carboxylic acids is 5. The second-order valence-corrected chi connectivity index (χ2v) is 8.21. The van der Waals surface area contributed by atoms with E-state index in [4.69, 9.17) is 4.74 Å². The van der Waals surface area contributed by atoms with Crippen molar-refractivity contribution in [1.29, 1.82) is 0 Å². The molecule has 214 valence electrons. The molecule has 1 atom stereocenters. The monoisotopic (exact) mass is 729 g/mol. The number of hydrogen-bond acceptors (Lipinski definition) is 11. The van der Waals surface area contributed by atoms with Crippen LogP contribution in [0.3, 0.4) is 0 Å². The van der Waals surface area contributed by atoms with Crippen molar-refractivity contribution in [2.45, 2.75) is 19.4 Å². The fraction of sp³-hybridized carbons (Fsp3) is 0.522. The van der Waals surface area contributed by atoms with Gasteiger partial charge in [-0.15, -0.1) is 0 Å². The molecule has 0 amide bonds. The van der Waals surface area contributed by atoms with Crippen molar-refractivity contribution in [3.63, 3.8) is 0 Å². The van der Waals surface area contributed by atoms with Gasteiger partial charge in [0, 0.05) is 78.7 Å². The molecular formula is C23H31GdN3Na2O11. The van der Waals surface area contributed by atoms with Crippen molar-refractivity contribution in [2.75, 3.05) is 59.0 Å². The average Bonchev–Trinajstić information content (AvgIpc) is 2.76. The topological polar surface area (TPSA) is 211 Å². The molecule has 0 aliphatic rings. The maximum atomic E-state index is 11.5. The van der Waals surface area contributed by atoms with Crippen LogP contribution in [0.2, 0.25) is 0 Å². The molecule has 0 aromatic heterocycles. The van der Waals surface area contributed by atoms with Gasteiger partial charge in [-0.3, -0.25) is 29.1 Å². The molecule has 0 fully saturated rings. The Bertz CT molecular complexity index is 909. The molecule has 40 heavy (non-hydrogen) atoms. The zero-order valence-electron chi connectivity index (χ0n) is 22.8. The number of aliphatic carboxylic acids is 5. The molecule has 1 rings (SSSR count). The summed E-state index contributed by atoms with van der Waals surface area (Å²) in [5.41, 5.74) is 0.708. The van der Waals surface area contributed by atoms with E-state index in [-0.39, 0.29) is 125 Å². The predicted octanol–water partition coefficient (Wildman–Crippen LogP) is -9.34. The van der Waals surface area contributed by atoms with Crippen LogP contribution in [0, 0.1) is 39.9 Å². The Morgan fingerprint density at radius 3 is 1.62 bits per heavy atom. The van der Waals surface area contributed by atoms with Crippen LogP contribution in [0.5, 0.6) is 5.75 Å². The van der Waals surface area contributed by atoms with Crippen molar-refractivity contribution < 1.29 is 153 Å². The van der Waals surface area contributed by atoms with Crippen molar-refractivity contribution in [2.24, 2.45) is 0 Å². The summed E-state index contributed by atoms with van der Waals surface area (Å²) in [5.74, 6) is -6.27. The molecular weight excluding hydrogens is 697 g/mol. The SMILES string of the molecule is CCOc1ccc(C[C@@H](CN(CCN(CC(=O)[O-])CC(=O)[O-])CC(=O)O)N(CC(=O)O)CC(=O)O)cc1.[Gd].[Na+].[Na+]. The summed E-state index contributed by atoms with van der Waals surface area (Å²) in [7, 11) is 0. The van der Waals surface area contributed by atoms with Gasteiger partial charge in [0.1, 0.15) is 5.75 Å². The molecule has 17 heteroatoms. The van der Waals surface area contributed by atoms with Gasteiger partial charge in [-0.1, -0.05) is 12.1 Å². The Labute approximate surface area is 308 Å². The number of ether oxygens (including phenoxy) is 1. The number of nitrogens with zero attached hydrogens (tertiary/aromatic N) is 3. The third-order valence-electron chi connectivity index (χ3n) is 5.16. The Kier molecular flexibility index (Phi) is 26.5. The number of rotatable bonds is 20. The third-order valence-corrected chi connectivity index (χ3v) is 5.16. The van der Waals surface area contributed by atoms with Crippen molar-refractivity contribution in [1.82, 2.24) is 14.7 Å². The molecule has 0 unspecified atom stereocenters. The van der Waals surface area contributed by atoms with Gasteiger partial charge in [0.25, 0.3) is 0 Å². The zero-order valence-corrected chi connectivity index (χ0v) is 29.0. The number of carboxylic acid groups (broad SMARTS) is 5. The van der Waals surface area contributed by atoms with Crippen LogP contribution in [0.4, 0.5) is 0 Å². The van der Waals surface area contributed by atoms with Crippen LogP contribution in [-0.2, 0) is 30.4 Å². The predicted molar refractivity (Wildman–Crippen MR) is 122 cm³/mol. The van der Waals surface area contributed by atoms with E-state index in [9.17, 15) is 49.5 Å². The quantitative estimate of drug-likeness (QED) is 0.107. The van der Waals surface area contributed by atoms with Crippen LogP contribution < -0.4 is 74.1 Å². The largest absolute Gasteiger partial charge is 1.00 e. The van der Waals surface area contributed by atoms with Gasteiger partial charge >= 0.3 is 77.0 Å². The molecule has 0 bridgehead atoms. The van der Waals surface area contributed by atoms with Gasteiger partial charge in [-0.2, -0.15) is 0 Å². The average molecular weight is 729 g/mol. The summed E-state index contributed by atoms with van der Waals surface area (Å²) in [4.78, 5) is 59.9. The summed E-state index contributed by atoms with van der Waals surface area (Å²) in [6, 6.07) is 6.06. The van der Waals surface area contributed by atoms with Crippen molar-refractivity contribution in [3.8, 4) is 5.75 Å². The first-order chi connectivity index (χ1) is 17.4.